The lowest BCUT2D eigenvalue weighted by Crippen LogP contribution is -2.29. The third kappa shape index (κ3) is 3.36. The number of carbonyl (C=O) groups excluding carboxylic acids is 1. The highest BCUT2D eigenvalue weighted by molar-refractivity contribution is 5.95. The number of hydrogen-bond donors (Lipinski definition) is 1. The van der Waals surface area contributed by atoms with Crippen molar-refractivity contribution in [3.05, 3.63) is 66.3 Å². The van der Waals surface area contributed by atoms with E-state index in [0.717, 1.165) is 5.75 Å². The highest BCUT2D eigenvalue weighted by Gasteiger charge is 2.11. The highest BCUT2D eigenvalue weighted by Crippen LogP contribution is 2.24. The molecule has 0 atom stereocenters. The topological polar surface area (TPSA) is 60.5 Å². The monoisotopic (exact) mass is 320 g/mol. The summed E-state index contributed by atoms with van der Waals surface area (Å²) < 4.78 is 6.99. The van der Waals surface area contributed by atoms with E-state index in [9.17, 15) is 4.79 Å². The van der Waals surface area contributed by atoms with E-state index in [4.69, 9.17) is 11.3 Å². The molecule has 0 saturated carbocycles. The van der Waals surface area contributed by atoms with Crippen LogP contribution in [-0.4, -0.2) is 28.7 Å². The quantitative estimate of drug-likeness (QED) is 0.577. The van der Waals surface area contributed by atoms with Gasteiger partial charge in [-0.15, -0.1) is 0 Å². The van der Waals surface area contributed by atoms with Crippen molar-refractivity contribution in [2.24, 2.45) is 0 Å². The molecule has 0 fully saturated rings. The smallest absolute Gasteiger partial charge is 0.327 e. The van der Waals surface area contributed by atoms with Gasteiger partial charge in [0.05, 0.1) is 24.2 Å². The third-order valence-electron chi connectivity index (χ3n) is 3.50. The van der Waals surface area contributed by atoms with Crippen LogP contribution in [0.5, 0.6) is 5.75 Å². The van der Waals surface area contributed by atoms with Gasteiger partial charge in [0.2, 0.25) is 5.69 Å². The van der Waals surface area contributed by atoms with Crippen LogP contribution in [0.25, 0.3) is 15.9 Å². The number of nitrogens with one attached hydrogen (secondary N) is 1. The molecule has 0 aliphatic carbocycles. The lowest BCUT2D eigenvalue weighted by atomic mass is 10.3. The van der Waals surface area contributed by atoms with E-state index in [2.05, 4.69) is 15.1 Å². The number of nitrogens with zero attached hydrogens (tertiary/aromatic N) is 3. The Morgan fingerprint density at radius 1 is 1.21 bits per heavy atom. The molecule has 6 nitrogen and oxygen atoms in total. The molecule has 24 heavy (non-hydrogen) atoms. The van der Waals surface area contributed by atoms with Gasteiger partial charge < -0.3 is 10.1 Å². The summed E-state index contributed by atoms with van der Waals surface area (Å²) in [6, 6.07) is 14.5. The Bertz CT molecular complexity index is 881. The van der Waals surface area contributed by atoms with E-state index < -0.39 is 0 Å². The predicted octanol–water partition coefficient (Wildman–Crippen LogP) is 3.61. The molecule has 0 radical (unpaired) electrons. The standard InChI is InChI=1S/C18H16N4O2/c1-19-15-9-5-10-16-17(15)21-13-22(16)18(23)20-11-6-12-24-14-7-3-2-4-8-14/h2-5,7-10,13H,6,11-12H2,(H,20,23). The van der Waals surface area contributed by atoms with Gasteiger partial charge >= 0.3 is 6.03 Å². The van der Waals surface area contributed by atoms with Crippen LogP contribution in [0.2, 0.25) is 0 Å². The van der Waals surface area contributed by atoms with Crippen molar-refractivity contribution in [1.29, 1.82) is 0 Å². The second-order valence-electron chi connectivity index (χ2n) is 5.12. The minimum atomic E-state index is -0.264. The molecule has 1 amide bonds. The van der Waals surface area contributed by atoms with E-state index in [1.165, 1.54) is 10.9 Å². The average molecular weight is 320 g/mol. The predicted molar refractivity (Wildman–Crippen MR) is 91.3 cm³/mol. The minimum absolute atomic E-state index is 0.264. The number of benzene rings is 2. The molecular formula is C18H16N4O2. The fourth-order valence-electron chi connectivity index (χ4n) is 2.34. The van der Waals surface area contributed by atoms with Gasteiger partial charge in [-0.2, -0.15) is 0 Å². The van der Waals surface area contributed by atoms with E-state index in [1.54, 1.807) is 18.2 Å². The van der Waals surface area contributed by atoms with Crippen molar-refractivity contribution in [2.45, 2.75) is 6.42 Å². The number of para-hydroxylation sites is 2. The van der Waals surface area contributed by atoms with Crippen LogP contribution < -0.4 is 10.1 Å². The summed E-state index contributed by atoms with van der Waals surface area (Å²) in [5.74, 6) is 0.816. The van der Waals surface area contributed by atoms with Gasteiger partial charge in [-0.05, 0) is 24.6 Å². The molecule has 0 unspecified atom stereocenters. The van der Waals surface area contributed by atoms with E-state index >= 15 is 0 Å². The summed E-state index contributed by atoms with van der Waals surface area (Å²) in [4.78, 5) is 19.8. The van der Waals surface area contributed by atoms with Gasteiger partial charge in [0, 0.05) is 6.54 Å². The molecular weight excluding hydrogens is 304 g/mol. The summed E-state index contributed by atoms with van der Waals surface area (Å²) in [7, 11) is 0. The zero-order valence-corrected chi connectivity index (χ0v) is 13.0. The molecule has 6 heteroatoms. The summed E-state index contributed by atoms with van der Waals surface area (Å²) in [5.41, 5.74) is 1.60. The molecule has 2 aromatic carbocycles. The van der Waals surface area contributed by atoms with Crippen molar-refractivity contribution in [1.82, 2.24) is 14.9 Å². The Morgan fingerprint density at radius 3 is 2.83 bits per heavy atom. The molecule has 1 heterocycles. The van der Waals surface area contributed by atoms with Crippen molar-refractivity contribution >= 4 is 22.8 Å². The molecule has 0 aliphatic rings. The molecule has 0 aliphatic heterocycles. The number of aromatic nitrogens is 2. The number of imidazole rings is 1. The van der Waals surface area contributed by atoms with Crippen LogP contribution in [0.15, 0.2) is 54.9 Å². The Labute approximate surface area is 139 Å². The van der Waals surface area contributed by atoms with Gasteiger partial charge in [0.25, 0.3) is 0 Å². The Morgan fingerprint density at radius 2 is 2.04 bits per heavy atom. The molecule has 0 spiro atoms. The second kappa shape index (κ2) is 7.29. The Kier molecular flexibility index (Phi) is 4.73. The summed E-state index contributed by atoms with van der Waals surface area (Å²) in [5, 5.41) is 2.83. The summed E-state index contributed by atoms with van der Waals surface area (Å²) in [6.45, 7) is 8.15. The van der Waals surface area contributed by atoms with E-state index in [-0.39, 0.29) is 6.03 Å². The number of hydrogen-bond acceptors (Lipinski definition) is 3. The van der Waals surface area contributed by atoms with Crippen molar-refractivity contribution in [3.63, 3.8) is 0 Å². The average Bonchev–Trinajstić information content (AvgIpc) is 3.06. The second-order valence-corrected chi connectivity index (χ2v) is 5.12. The van der Waals surface area contributed by atoms with E-state index in [0.29, 0.717) is 36.3 Å². The van der Waals surface area contributed by atoms with Gasteiger partial charge in [-0.3, -0.25) is 4.57 Å². The fraction of sp³-hybridized carbons (Fsp3) is 0.167. The summed E-state index contributed by atoms with van der Waals surface area (Å²) in [6.07, 6.45) is 2.13. The SMILES string of the molecule is [C-]#[N+]c1cccc2c1ncn2C(=O)NCCCOc1ccccc1. The highest BCUT2D eigenvalue weighted by atomic mass is 16.5. The number of rotatable bonds is 5. The molecule has 3 rings (SSSR count). The van der Waals surface area contributed by atoms with Crippen LogP contribution in [0.3, 0.4) is 0 Å². The molecule has 0 bridgehead atoms. The van der Waals surface area contributed by atoms with Gasteiger partial charge in [-0.1, -0.05) is 30.3 Å². The van der Waals surface area contributed by atoms with Crippen LogP contribution in [0.1, 0.15) is 6.42 Å². The maximum absolute atomic E-state index is 12.2. The molecule has 120 valence electrons. The number of ether oxygens (including phenoxy) is 1. The maximum atomic E-state index is 12.2. The Hall–Kier alpha value is -3.33. The first-order valence-electron chi connectivity index (χ1n) is 7.59. The molecule has 1 N–H and O–H groups in total. The van der Waals surface area contributed by atoms with Crippen LogP contribution >= 0.6 is 0 Å². The first-order chi connectivity index (χ1) is 11.8. The van der Waals surface area contributed by atoms with Gasteiger partial charge in [0.15, 0.2) is 0 Å². The zero-order valence-electron chi connectivity index (χ0n) is 13.0. The van der Waals surface area contributed by atoms with Crippen LogP contribution in [-0.2, 0) is 0 Å². The fourth-order valence-corrected chi connectivity index (χ4v) is 2.34. The van der Waals surface area contributed by atoms with Crippen molar-refractivity contribution < 1.29 is 9.53 Å². The summed E-state index contributed by atoms with van der Waals surface area (Å²) >= 11 is 0. The van der Waals surface area contributed by atoms with Gasteiger partial charge in [0.1, 0.15) is 12.1 Å². The normalized spacial score (nSPS) is 10.3. The third-order valence-corrected chi connectivity index (χ3v) is 3.50. The molecule has 3 aromatic rings. The maximum Gasteiger partial charge on any atom is 0.327 e. The lowest BCUT2D eigenvalue weighted by Gasteiger charge is -2.08. The molecule has 0 saturated heterocycles. The number of amides is 1. The molecule has 1 aromatic heterocycles. The first-order valence-corrected chi connectivity index (χ1v) is 7.59. The zero-order chi connectivity index (χ0) is 16.8. The number of carbonyl (C=O) groups is 1. The van der Waals surface area contributed by atoms with Crippen molar-refractivity contribution in [3.8, 4) is 5.75 Å². The number of fused-ring (bicyclic) bond motifs is 1. The Balaban J connectivity index is 1.53. The van der Waals surface area contributed by atoms with Gasteiger partial charge in [-0.25, -0.2) is 14.6 Å². The minimum Gasteiger partial charge on any atom is -0.494 e. The van der Waals surface area contributed by atoms with Crippen LogP contribution in [0.4, 0.5) is 10.5 Å². The lowest BCUT2D eigenvalue weighted by molar-refractivity contribution is 0.241. The van der Waals surface area contributed by atoms with Crippen molar-refractivity contribution in [2.75, 3.05) is 13.2 Å². The van der Waals surface area contributed by atoms with E-state index in [1.807, 2.05) is 30.3 Å². The largest absolute Gasteiger partial charge is 0.494 e. The first kappa shape index (κ1) is 15.6. The van der Waals surface area contributed by atoms with Crippen LogP contribution in [0, 0.1) is 6.57 Å².